The van der Waals surface area contributed by atoms with Crippen molar-refractivity contribution in [1.82, 2.24) is 14.5 Å². The zero-order chi connectivity index (χ0) is 17.6. The minimum Gasteiger partial charge on any atom is -0.382 e. The molecule has 132 valence electrons. The summed E-state index contributed by atoms with van der Waals surface area (Å²) in [5, 5.41) is 11.2. The number of halogens is 1. The maximum atomic E-state index is 13.0. The number of hydrogen-bond acceptors (Lipinski definition) is 3. The van der Waals surface area contributed by atoms with E-state index < -0.39 is 5.60 Å². The van der Waals surface area contributed by atoms with E-state index in [9.17, 15) is 14.3 Å². The third-order valence-corrected chi connectivity index (χ3v) is 5.56. The van der Waals surface area contributed by atoms with E-state index in [0.29, 0.717) is 18.7 Å². The van der Waals surface area contributed by atoms with Gasteiger partial charge in [0, 0.05) is 44.4 Å². The molecule has 2 aliphatic heterocycles. The second-order valence-corrected chi connectivity index (χ2v) is 7.29. The number of hydrogen-bond donors (Lipinski definition) is 1. The topological polar surface area (TPSA) is 58.4 Å². The van der Waals surface area contributed by atoms with Crippen LogP contribution < -0.4 is 0 Å². The average Bonchev–Trinajstić information content (AvgIpc) is 3.12. The quantitative estimate of drug-likeness (QED) is 0.929. The molecule has 0 saturated carbocycles. The van der Waals surface area contributed by atoms with Gasteiger partial charge in [-0.25, -0.2) is 9.37 Å². The van der Waals surface area contributed by atoms with Crippen LogP contribution in [0, 0.1) is 5.82 Å². The Labute approximate surface area is 146 Å². The number of fused-ring (bicyclic) bond motifs is 2. The van der Waals surface area contributed by atoms with Crippen molar-refractivity contribution in [2.24, 2.45) is 7.05 Å². The molecule has 2 unspecified atom stereocenters. The predicted octanol–water partition coefficient (Wildman–Crippen LogP) is 2.14. The number of aryl methyl sites for hydroxylation is 1. The lowest BCUT2D eigenvalue weighted by Crippen LogP contribution is -2.53. The second-order valence-electron chi connectivity index (χ2n) is 7.29. The number of benzene rings is 1. The first-order valence-corrected chi connectivity index (χ1v) is 8.72. The zero-order valence-electron chi connectivity index (χ0n) is 14.2. The van der Waals surface area contributed by atoms with Gasteiger partial charge in [-0.1, -0.05) is 12.1 Å². The molecule has 5 nitrogen and oxygen atoms in total. The molecule has 0 spiro atoms. The Morgan fingerprint density at radius 1 is 1.28 bits per heavy atom. The van der Waals surface area contributed by atoms with Crippen LogP contribution in [0.5, 0.6) is 0 Å². The van der Waals surface area contributed by atoms with Gasteiger partial charge in [0.25, 0.3) is 0 Å². The molecule has 6 heteroatoms. The van der Waals surface area contributed by atoms with Crippen LogP contribution in [0.3, 0.4) is 0 Å². The van der Waals surface area contributed by atoms with Crippen LogP contribution >= 0.6 is 0 Å². The van der Waals surface area contributed by atoms with Crippen molar-refractivity contribution in [3.63, 3.8) is 0 Å². The van der Waals surface area contributed by atoms with Gasteiger partial charge in [0.05, 0.1) is 6.42 Å². The van der Waals surface area contributed by atoms with E-state index in [4.69, 9.17) is 0 Å². The molecule has 4 rings (SSSR count). The molecule has 2 bridgehead atoms. The molecule has 0 radical (unpaired) electrons. The molecule has 2 aliphatic rings. The number of carbonyl (C=O) groups is 1. The van der Waals surface area contributed by atoms with Crippen molar-refractivity contribution in [2.75, 3.05) is 0 Å². The maximum Gasteiger partial charge on any atom is 0.227 e. The summed E-state index contributed by atoms with van der Waals surface area (Å²) < 4.78 is 14.9. The normalized spacial score (nSPS) is 28.4. The molecule has 0 aliphatic carbocycles. The monoisotopic (exact) mass is 343 g/mol. The Hall–Kier alpha value is -2.21. The predicted molar refractivity (Wildman–Crippen MR) is 90.1 cm³/mol. The number of aromatic nitrogens is 2. The Kier molecular flexibility index (Phi) is 3.87. The van der Waals surface area contributed by atoms with Crippen LogP contribution in [0.1, 0.15) is 37.1 Å². The highest BCUT2D eigenvalue weighted by molar-refractivity contribution is 5.80. The van der Waals surface area contributed by atoms with Crippen LogP contribution in [-0.2, 0) is 23.9 Å². The van der Waals surface area contributed by atoms with E-state index in [1.807, 2.05) is 22.7 Å². The van der Waals surface area contributed by atoms with Crippen LogP contribution in [0.25, 0.3) is 0 Å². The third-order valence-electron chi connectivity index (χ3n) is 5.56. The first-order valence-electron chi connectivity index (χ1n) is 8.72. The van der Waals surface area contributed by atoms with Crippen LogP contribution in [0.4, 0.5) is 4.39 Å². The molecule has 1 N–H and O–H groups in total. The molecule has 3 heterocycles. The number of carbonyl (C=O) groups excluding carboxylic acids is 1. The van der Waals surface area contributed by atoms with Crippen molar-refractivity contribution in [3.05, 3.63) is 53.9 Å². The Morgan fingerprint density at radius 3 is 2.48 bits per heavy atom. The van der Waals surface area contributed by atoms with E-state index in [1.54, 1.807) is 18.3 Å². The number of amides is 1. The summed E-state index contributed by atoms with van der Waals surface area (Å²) in [6, 6.07) is 6.15. The highest BCUT2D eigenvalue weighted by Crippen LogP contribution is 2.45. The SMILES string of the molecule is Cn1ccnc1C1(O)CC2CCC(C1)N2C(=O)Cc1ccc(F)cc1. The van der Waals surface area contributed by atoms with Crippen molar-refractivity contribution in [3.8, 4) is 0 Å². The van der Waals surface area contributed by atoms with Crippen molar-refractivity contribution in [1.29, 1.82) is 0 Å². The number of nitrogens with zero attached hydrogens (tertiary/aromatic N) is 3. The highest BCUT2D eigenvalue weighted by atomic mass is 19.1. The lowest BCUT2D eigenvalue weighted by Gasteiger charge is -2.43. The minimum atomic E-state index is -0.975. The molecule has 2 saturated heterocycles. The summed E-state index contributed by atoms with van der Waals surface area (Å²) in [4.78, 5) is 19.1. The van der Waals surface area contributed by atoms with E-state index in [0.717, 1.165) is 18.4 Å². The van der Waals surface area contributed by atoms with Crippen LogP contribution in [0.2, 0.25) is 0 Å². The first kappa shape index (κ1) is 16.3. The highest BCUT2D eigenvalue weighted by Gasteiger charge is 2.51. The summed E-state index contributed by atoms with van der Waals surface area (Å²) in [5.41, 5.74) is -0.160. The van der Waals surface area contributed by atoms with Gasteiger partial charge >= 0.3 is 0 Å². The van der Waals surface area contributed by atoms with Gasteiger partial charge in [0.1, 0.15) is 17.2 Å². The summed E-state index contributed by atoms with van der Waals surface area (Å²) in [7, 11) is 1.88. The number of piperidine rings is 1. The zero-order valence-corrected chi connectivity index (χ0v) is 14.2. The van der Waals surface area contributed by atoms with Gasteiger partial charge in [0.15, 0.2) is 0 Å². The first-order chi connectivity index (χ1) is 12.0. The van der Waals surface area contributed by atoms with Gasteiger partial charge in [-0.15, -0.1) is 0 Å². The number of aliphatic hydroxyl groups is 1. The Balaban J connectivity index is 1.51. The van der Waals surface area contributed by atoms with Gasteiger partial charge < -0.3 is 14.6 Å². The summed E-state index contributed by atoms with van der Waals surface area (Å²) >= 11 is 0. The largest absolute Gasteiger partial charge is 0.382 e. The second kappa shape index (κ2) is 5.95. The van der Waals surface area contributed by atoms with E-state index >= 15 is 0 Å². The summed E-state index contributed by atoms with van der Waals surface area (Å²) in [6.07, 6.45) is 6.66. The fraction of sp³-hybridized carbons (Fsp3) is 0.474. The lowest BCUT2D eigenvalue weighted by molar-refractivity contribution is -0.141. The van der Waals surface area contributed by atoms with Crippen LogP contribution in [0.15, 0.2) is 36.7 Å². The lowest BCUT2D eigenvalue weighted by atomic mass is 9.85. The third kappa shape index (κ3) is 2.84. The van der Waals surface area contributed by atoms with Crippen molar-refractivity contribution >= 4 is 5.91 Å². The molecule has 1 aromatic heterocycles. The van der Waals surface area contributed by atoms with Gasteiger partial charge in [0.2, 0.25) is 5.91 Å². The Bertz CT molecular complexity index is 772. The smallest absolute Gasteiger partial charge is 0.227 e. The average molecular weight is 343 g/mol. The number of rotatable bonds is 3. The van der Waals surface area contributed by atoms with Gasteiger partial charge in [-0.3, -0.25) is 4.79 Å². The molecule has 2 atom stereocenters. The minimum absolute atomic E-state index is 0.0356. The summed E-state index contributed by atoms with van der Waals surface area (Å²) in [5.74, 6) is 0.436. The molecule has 1 amide bonds. The van der Waals surface area contributed by atoms with Crippen LogP contribution in [-0.4, -0.2) is 37.5 Å². The van der Waals surface area contributed by atoms with E-state index in [1.165, 1.54) is 12.1 Å². The molecule has 1 aromatic carbocycles. The van der Waals surface area contributed by atoms with Gasteiger partial charge in [-0.2, -0.15) is 0 Å². The summed E-state index contributed by atoms with van der Waals surface area (Å²) in [6.45, 7) is 0. The number of imidazole rings is 1. The van der Waals surface area contributed by atoms with E-state index in [2.05, 4.69) is 4.98 Å². The molecular formula is C19H22FN3O2. The van der Waals surface area contributed by atoms with Crippen molar-refractivity contribution < 1.29 is 14.3 Å². The molecular weight excluding hydrogens is 321 g/mol. The molecule has 2 fully saturated rings. The fourth-order valence-electron chi connectivity index (χ4n) is 4.50. The molecule has 2 aromatic rings. The van der Waals surface area contributed by atoms with E-state index in [-0.39, 0.29) is 30.2 Å². The fourth-order valence-corrected chi connectivity index (χ4v) is 4.50. The standard InChI is InChI=1S/C19H22FN3O2/c1-22-9-8-21-18(22)19(25)11-15-6-7-16(12-19)23(15)17(24)10-13-2-4-14(20)5-3-13/h2-5,8-9,15-16,25H,6-7,10-12H2,1H3. The Morgan fingerprint density at radius 2 is 1.92 bits per heavy atom. The van der Waals surface area contributed by atoms with Crippen molar-refractivity contribution in [2.45, 2.75) is 49.8 Å². The molecule has 25 heavy (non-hydrogen) atoms. The van der Waals surface area contributed by atoms with Gasteiger partial charge in [-0.05, 0) is 30.5 Å². The maximum absolute atomic E-state index is 13.0.